The zero-order chi connectivity index (χ0) is 25.1. The highest BCUT2D eigenvalue weighted by Crippen LogP contribution is 2.29. The Morgan fingerprint density at radius 1 is 1.09 bits per heavy atom. The first-order valence-electron chi connectivity index (χ1n) is 12.0. The Labute approximate surface area is 205 Å². The van der Waals surface area contributed by atoms with Crippen molar-refractivity contribution < 1.29 is 9.72 Å². The van der Waals surface area contributed by atoms with E-state index in [-0.39, 0.29) is 17.6 Å². The van der Waals surface area contributed by atoms with Gasteiger partial charge in [0, 0.05) is 48.8 Å². The zero-order valence-corrected chi connectivity index (χ0v) is 20.7. The van der Waals surface area contributed by atoms with Gasteiger partial charge in [-0.2, -0.15) is 4.98 Å². The van der Waals surface area contributed by atoms with Gasteiger partial charge in [0.05, 0.1) is 10.4 Å². The number of aromatic nitrogens is 2. The van der Waals surface area contributed by atoms with E-state index in [4.69, 9.17) is 9.97 Å². The largest absolute Gasteiger partial charge is 0.362 e. The van der Waals surface area contributed by atoms with E-state index in [0.717, 1.165) is 42.4 Å². The van der Waals surface area contributed by atoms with Crippen LogP contribution in [0.15, 0.2) is 36.4 Å². The first-order chi connectivity index (χ1) is 16.7. The Bertz CT molecular complexity index is 1230. The Hall–Kier alpha value is -3.75. The van der Waals surface area contributed by atoms with Crippen LogP contribution in [0, 0.1) is 29.9 Å². The minimum absolute atomic E-state index is 0.0699. The fourth-order valence-corrected chi connectivity index (χ4v) is 4.87. The zero-order valence-electron chi connectivity index (χ0n) is 20.7. The second-order valence-corrected chi connectivity index (χ2v) is 9.57. The second-order valence-electron chi connectivity index (χ2n) is 9.57. The molecular weight excluding hydrogens is 444 g/mol. The number of hydrogen-bond acceptors (Lipinski definition) is 7. The van der Waals surface area contributed by atoms with E-state index in [2.05, 4.69) is 10.6 Å². The van der Waals surface area contributed by atoms with E-state index in [1.165, 1.54) is 0 Å². The maximum absolute atomic E-state index is 12.7. The van der Waals surface area contributed by atoms with Crippen LogP contribution in [0.2, 0.25) is 0 Å². The number of carbonyl (C=O) groups is 1. The summed E-state index contributed by atoms with van der Waals surface area (Å²) >= 11 is 0. The predicted molar refractivity (Wildman–Crippen MR) is 138 cm³/mol. The maximum Gasteiger partial charge on any atom is 0.275 e. The molecule has 0 unspecified atom stereocenters. The van der Waals surface area contributed by atoms with Crippen LogP contribution in [0.3, 0.4) is 0 Å². The molecule has 1 aliphatic rings. The molecule has 184 valence electrons. The van der Waals surface area contributed by atoms with Crippen molar-refractivity contribution in [2.24, 2.45) is 5.92 Å². The standard InChI is InChI=1S/C26H32N6O3/c1-16-13-19(14-17(2)23(16)32(34)35)25(33)27-15-18-9-11-20(12-10-18)28-26-29-22-8-6-5-7-21(22)24(30-26)31(3)4/h5-8,13-14,18,20H,9-12,15H2,1-4H3,(H,27,33)(H,28,29,30)/t18-,20+. The molecule has 1 aromatic heterocycles. The predicted octanol–water partition coefficient (Wildman–Crippen LogP) is 4.62. The summed E-state index contributed by atoms with van der Waals surface area (Å²) in [5, 5.41) is 18.8. The monoisotopic (exact) mass is 476 g/mol. The summed E-state index contributed by atoms with van der Waals surface area (Å²) in [6, 6.07) is 11.5. The lowest BCUT2D eigenvalue weighted by Gasteiger charge is -2.29. The van der Waals surface area contributed by atoms with Gasteiger partial charge in [-0.1, -0.05) is 12.1 Å². The minimum atomic E-state index is -0.400. The van der Waals surface area contributed by atoms with E-state index >= 15 is 0 Å². The first-order valence-corrected chi connectivity index (χ1v) is 12.0. The average Bonchev–Trinajstić information content (AvgIpc) is 2.82. The van der Waals surface area contributed by atoms with Crippen LogP contribution in [0.25, 0.3) is 10.9 Å². The molecule has 4 rings (SSSR count). The number of benzene rings is 2. The summed E-state index contributed by atoms with van der Waals surface area (Å²) in [4.78, 5) is 34.9. The third kappa shape index (κ3) is 5.50. The molecule has 9 heteroatoms. The molecular formula is C26H32N6O3. The number of hydrogen-bond donors (Lipinski definition) is 2. The second kappa shape index (κ2) is 10.2. The molecule has 0 spiro atoms. The normalized spacial score (nSPS) is 17.7. The lowest BCUT2D eigenvalue weighted by atomic mass is 9.86. The number of anilines is 2. The van der Waals surface area contributed by atoms with Gasteiger partial charge in [-0.05, 0) is 69.7 Å². The van der Waals surface area contributed by atoms with Gasteiger partial charge in [0.15, 0.2) is 0 Å². The van der Waals surface area contributed by atoms with Crippen LogP contribution in [0.5, 0.6) is 0 Å². The van der Waals surface area contributed by atoms with Crippen molar-refractivity contribution in [1.29, 1.82) is 0 Å². The molecule has 1 amide bonds. The van der Waals surface area contributed by atoms with Gasteiger partial charge in [0.2, 0.25) is 5.95 Å². The van der Waals surface area contributed by atoms with Gasteiger partial charge >= 0.3 is 0 Å². The number of fused-ring (bicyclic) bond motifs is 1. The van der Waals surface area contributed by atoms with Crippen LogP contribution in [0.4, 0.5) is 17.5 Å². The third-order valence-corrected chi connectivity index (χ3v) is 6.67. The molecule has 35 heavy (non-hydrogen) atoms. The lowest BCUT2D eigenvalue weighted by Crippen LogP contribution is -2.34. The topological polar surface area (TPSA) is 113 Å². The molecule has 0 bridgehead atoms. The smallest absolute Gasteiger partial charge is 0.275 e. The summed E-state index contributed by atoms with van der Waals surface area (Å²) in [5.74, 6) is 1.75. The fraction of sp³-hybridized carbons (Fsp3) is 0.423. The highest BCUT2D eigenvalue weighted by molar-refractivity contribution is 5.95. The summed E-state index contributed by atoms with van der Waals surface area (Å²) in [7, 11) is 3.97. The number of carbonyl (C=O) groups excluding carboxylic acids is 1. The SMILES string of the molecule is Cc1cc(C(=O)NC[C@H]2CC[C@@H](Nc3nc(N(C)C)c4ccccc4n3)CC2)cc(C)c1[N+](=O)[O-]. The van der Waals surface area contributed by atoms with Crippen molar-refractivity contribution in [1.82, 2.24) is 15.3 Å². The summed E-state index contributed by atoms with van der Waals surface area (Å²) in [6.07, 6.45) is 3.93. The van der Waals surface area contributed by atoms with Gasteiger partial charge in [-0.3, -0.25) is 14.9 Å². The lowest BCUT2D eigenvalue weighted by molar-refractivity contribution is -0.386. The molecule has 2 N–H and O–H groups in total. The molecule has 0 atom stereocenters. The van der Waals surface area contributed by atoms with Crippen molar-refractivity contribution in [2.75, 3.05) is 30.9 Å². The molecule has 0 saturated heterocycles. The van der Waals surface area contributed by atoms with Crippen LogP contribution < -0.4 is 15.5 Å². The van der Waals surface area contributed by atoms with Crippen molar-refractivity contribution in [2.45, 2.75) is 45.6 Å². The van der Waals surface area contributed by atoms with Gasteiger partial charge < -0.3 is 15.5 Å². The van der Waals surface area contributed by atoms with Crippen molar-refractivity contribution in [3.8, 4) is 0 Å². The van der Waals surface area contributed by atoms with Crippen molar-refractivity contribution in [3.05, 3.63) is 63.2 Å². The molecule has 3 aromatic rings. The molecule has 2 aromatic carbocycles. The Kier molecular flexibility index (Phi) is 7.14. The molecule has 1 fully saturated rings. The van der Waals surface area contributed by atoms with Crippen LogP contribution in [-0.4, -0.2) is 47.5 Å². The maximum atomic E-state index is 12.7. The van der Waals surface area contributed by atoms with Crippen LogP contribution in [-0.2, 0) is 0 Å². The van der Waals surface area contributed by atoms with Gasteiger partial charge in [-0.15, -0.1) is 0 Å². The first kappa shape index (κ1) is 24.4. The molecule has 0 radical (unpaired) electrons. The Balaban J connectivity index is 1.32. The fourth-order valence-electron chi connectivity index (χ4n) is 4.87. The highest BCUT2D eigenvalue weighted by Gasteiger charge is 2.24. The number of nitro groups is 1. The van der Waals surface area contributed by atoms with E-state index in [9.17, 15) is 14.9 Å². The van der Waals surface area contributed by atoms with Crippen molar-refractivity contribution >= 4 is 34.3 Å². The highest BCUT2D eigenvalue weighted by atomic mass is 16.6. The number of nitro benzene ring substituents is 1. The molecule has 1 heterocycles. The Morgan fingerprint density at radius 2 is 1.74 bits per heavy atom. The van der Waals surface area contributed by atoms with Crippen LogP contribution >= 0.6 is 0 Å². The molecule has 1 saturated carbocycles. The van der Waals surface area contributed by atoms with Crippen molar-refractivity contribution in [3.63, 3.8) is 0 Å². The molecule has 0 aliphatic heterocycles. The number of amides is 1. The summed E-state index contributed by atoms with van der Waals surface area (Å²) in [5.41, 5.74) is 2.45. The quantitative estimate of drug-likeness (QED) is 0.378. The number of nitrogens with zero attached hydrogens (tertiary/aromatic N) is 4. The number of nitrogens with one attached hydrogen (secondary N) is 2. The molecule has 9 nitrogen and oxygen atoms in total. The number of rotatable bonds is 7. The number of para-hydroxylation sites is 1. The summed E-state index contributed by atoms with van der Waals surface area (Å²) < 4.78 is 0. The minimum Gasteiger partial charge on any atom is -0.362 e. The third-order valence-electron chi connectivity index (χ3n) is 6.67. The van der Waals surface area contributed by atoms with Crippen LogP contribution in [0.1, 0.15) is 47.2 Å². The number of aryl methyl sites for hydroxylation is 2. The van der Waals surface area contributed by atoms with Gasteiger partial charge in [-0.25, -0.2) is 4.98 Å². The van der Waals surface area contributed by atoms with E-state index in [0.29, 0.717) is 35.1 Å². The summed E-state index contributed by atoms with van der Waals surface area (Å²) in [6.45, 7) is 3.92. The average molecular weight is 477 g/mol. The van der Waals surface area contributed by atoms with E-state index < -0.39 is 4.92 Å². The van der Waals surface area contributed by atoms with E-state index in [1.807, 2.05) is 43.3 Å². The van der Waals surface area contributed by atoms with Gasteiger partial charge in [0.1, 0.15) is 5.82 Å². The Morgan fingerprint density at radius 3 is 2.37 bits per heavy atom. The van der Waals surface area contributed by atoms with Gasteiger partial charge in [0.25, 0.3) is 11.6 Å². The molecule has 1 aliphatic carbocycles. The van der Waals surface area contributed by atoms with E-state index in [1.54, 1.807) is 26.0 Å².